The summed E-state index contributed by atoms with van der Waals surface area (Å²) in [7, 11) is 2.16. The van der Waals surface area contributed by atoms with Crippen LogP contribution in [0.15, 0.2) is 24.3 Å². The molecule has 3 rings (SSSR count). The highest BCUT2D eigenvalue weighted by Crippen LogP contribution is 2.25. The number of amides is 1. The van der Waals surface area contributed by atoms with Gasteiger partial charge in [0.05, 0.1) is 6.04 Å². The van der Waals surface area contributed by atoms with Crippen LogP contribution in [0.3, 0.4) is 0 Å². The first-order valence-electron chi connectivity index (χ1n) is 10.3. The van der Waals surface area contributed by atoms with Crippen LogP contribution >= 0.6 is 0 Å². The van der Waals surface area contributed by atoms with Gasteiger partial charge in [-0.1, -0.05) is 19.1 Å². The van der Waals surface area contributed by atoms with Crippen LogP contribution in [0.2, 0.25) is 0 Å². The lowest BCUT2D eigenvalue weighted by atomic mass is 9.93. The summed E-state index contributed by atoms with van der Waals surface area (Å²) in [5.41, 5.74) is 2.50. The number of nitrogens with one attached hydrogen (secondary N) is 1. The molecule has 26 heavy (non-hydrogen) atoms. The van der Waals surface area contributed by atoms with Crippen molar-refractivity contribution in [3.8, 4) is 0 Å². The first kappa shape index (κ1) is 19.2. The third-order valence-corrected chi connectivity index (χ3v) is 6.10. The van der Waals surface area contributed by atoms with E-state index in [2.05, 4.69) is 60.3 Å². The van der Waals surface area contributed by atoms with E-state index in [1.165, 1.54) is 24.1 Å². The minimum Gasteiger partial charge on any atom is -0.371 e. The van der Waals surface area contributed by atoms with Gasteiger partial charge in [-0.2, -0.15) is 0 Å². The number of anilines is 1. The van der Waals surface area contributed by atoms with Gasteiger partial charge in [0.2, 0.25) is 5.91 Å². The molecule has 0 saturated carbocycles. The predicted octanol–water partition coefficient (Wildman–Crippen LogP) is 3.83. The second-order valence-corrected chi connectivity index (χ2v) is 8.52. The first-order chi connectivity index (χ1) is 12.5. The lowest BCUT2D eigenvalue weighted by molar-refractivity contribution is -0.123. The van der Waals surface area contributed by atoms with E-state index in [9.17, 15) is 4.79 Å². The van der Waals surface area contributed by atoms with E-state index in [0.29, 0.717) is 12.3 Å². The number of piperidine rings is 2. The molecule has 2 atom stereocenters. The minimum absolute atomic E-state index is 0.0723. The van der Waals surface area contributed by atoms with Crippen LogP contribution in [0, 0.1) is 11.8 Å². The van der Waals surface area contributed by atoms with Gasteiger partial charge in [0.1, 0.15) is 0 Å². The number of likely N-dealkylation sites (tertiary alicyclic amines) is 1. The van der Waals surface area contributed by atoms with Gasteiger partial charge in [-0.05, 0) is 82.3 Å². The largest absolute Gasteiger partial charge is 0.371 e. The van der Waals surface area contributed by atoms with Gasteiger partial charge >= 0.3 is 0 Å². The van der Waals surface area contributed by atoms with E-state index in [1.807, 2.05) is 0 Å². The number of hydrogen-bond donors (Lipinski definition) is 1. The van der Waals surface area contributed by atoms with Gasteiger partial charge in [-0.15, -0.1) is 0 Å². The minimum atomic E-state index is 0.0723. The molecule has 4 nitrogen and oxygen atoms in total. The van der Waals surface area contributed by atoms with Gasteiger partial charge in [-0.3, -0.25) is 4.79 Å². The molecule has 144 valence electrons. The number of benzene rings is 1. The molecule has 2 heterocycles. The zero-order valence-electron chi connectivity index (χ0n) is 16.7. The molecule has 4 heteroatoms. The lowest BCUT2D eigenvalue weighted by Gasteiger charge is -2.33. The molecule has 1 amide bonds. The summed E-state index contributed by atoms with van der Waals surface area (Å²) < 4.78 is 0. The average molecular weight is 358 g/mol. The lowest BCUT2D eigenvalue weighted by Crippen LogP contribution is -2.34. The maximum Gasteiger partial charge on any atom is 0.220 e. The van der Waals surface area contributed by atoms with Crippen molar-refractivity contribution in [3.63, 3.8) is 0 Å². The zero-order valence-corrected chi connectivity index (χ0v) is 16.7. The Kier molecular flexibility index (Phi) is 6.58. The van der Waals surface area contributed by atoms with E-state index in [1.54, 1.807) is 0 Å². The van der Waals surface area contributed by atoms with Gasteiger partial charge in [0, 0.05) is 25.2 Å². The Bertz CT molecular complexity index is 578. The molecule has 0 aromatic heterocycles. The summed E-state index contributed by atoms with van der Waals surface area (Å²) in [5, 5.41) is 3.19. The van der Waals surface area contributed by atoms with Crippen molar-refractivity contribution in [2.75, 3.05) is 38.1 Å². The van der Waals surface area contributed by atoms with E-state index in [0.717, 1.165) is 44.9 Å². The number of hydrogen-bond acceptors (Lipinski definition) is 3. The molecule has 0 unspecified atom stereocenters. The summed E-state index contributed by atoms with van der Waals surface area (Å²) in [6.07, 6.45) is 5.58. The Balaban J connectivity index is 1.49. The van der Waals surface area contributed by atoms with Crippen molar-refractivity contribution in [2.24, 2.45) is 11.8 Å². The van der Waals surface area contributed by atoms with E-state index in [-0.39, 0.29) is 11.9 Å². The topological polar surface area (TPSA) is 35.6 Å². The second kappa shape index (κ2) is 8.90. The average Bonchev–Trinajstić information content (AvgIpc) is 2.64. The van der Waals surface area contributed by atoms with Crippen LogP contribution < -0.4 is 10.2 Å². The number of carbonyl (C=O) groups is 1. The first-order valence-corrected chi connectivity index (χ1v) is 10.3. The Morgan fingerprint density at radius 1 is 1.15 bits per heavy atom. The summed E-state index contributed by atoms with van der Waals surface area (Å²) in [4.78, 5) is 17.2. The number of carbonyl (C=O) groups excluding carboxylic acids is 1. The molecule has 0 spiro atoms. The molecular formula is C22H35N3O. The van der Waals surface area contributed by atoms with Crippen molar-refractivity contribution in [3.05, 3.63) is 29.8 Å². The fraction of sp³-hybridized carbons (Fsp3) is 0.682. The molecule has 1 N–H and O–H groups in total. The van der Waals surface area contributed by atoms with Crippen molar-refractivity contribution in [1.29, 1.82) is 0 Å². The Morgan fingerprint density at radius 2 is 1.85 bits per heavy atom. The maximum atomic E-state index is 12.4. The van der Waals surface area contributed by atoms with Gasteiger partial charge in [0.15, 0.2) is 0 Å². The SMILES string of the molecule is C[C@H]1CCCN(c2ccc([C@@H](C)NC(=O)CC3CCN(C)CC3)cc2)C1. The summed E-state index contributed by atoms with van der Waals surface area (Å²) in [6, 6.07) is 8.85. The summed E-state index contributed by atoms with van der Waals surface area (Å²) >= 11 is 0. The molecule has 0 radical (unpaired) electrons. The van der Waals surface area contributed by atoms with Gasteiger partial charge < -0.3 is 15.1 Å². The summed E-state index contributed by atoms with van der Waals surface area (Å²) in [6.45, 7) is 8.97. The van der Waals surface area contributed by atoms with Gasteiger partial charge in [0.25, 0.3) is 0 Å². The fourth-order valence-corrected chi connectivity index (χ4v) is 4.31. The standard InChI is InChI=1S/C22H35N3O/c1-17-5-4-12-25(16-17)21-8-6-20(7-9-21)18(2)23-22(26)15-19-10-13-24(3)14-11-19/h6-9,17-19H,4-5,10-16H2,1-3H3,(H,23,26)/t17-,18+/m0/s1. The smallest absolute Gasteiger partial charge is 0.220 e. The summed E-state index contributed by atoms with van der Waals surface area (Å²) in [5.74, 6) is 1.52. The van der Waals surface area contributed by atoms with Crippen LogP contribution in [0.5, 0.6) is 0 Å². The number of rotatable bonds is 5. The number of nitrogens with zero attached hydrogens (tertiary/aromatic N) is 2. The van der Waals surface area contributed by atoms with E-state index < -0.39 is 0 Å². The van der Waals surface area contributed by atoms with Gasteiger partial charge in [-0.25, -0.2) is 0 Å². The highest BCUT2D eigenvalue weighted by Gasteiger charge is 2.21. The molecule has 2 fully saturated rings. The Hall–Kier alpha value is -1.55. The molecule has 0 aliphatic carbocycles. The Morgan fingerprint density at radius 3 is 2.50 bits per heavy atom. The van der Waals surface area contributed by atoms with Crippen LogP contribution in [0.25, 0.3) is 0 Å². The molecule has 1 aromatic carbocycles. The molecular weight excluding hydrogens is 322 g/mol. The Labute approximate surface area is 158 Å². The van der Waals surface area contributed by atoms with E-state index in [4.69, 9.17) is 0 Å². The molecule has 2 saturated heterocycles. The monoisotopic (exact) mass is 357 g/mol. The highest BCUT2D eigenvalue weighted by atomic mass is 16.1. The van der Waals surface area contributed by atoms with E-state index >= 15 is 0 Å². The normalized spacial score (nSPS) is 23.7. The predicted molar refractivity (Wildman–Crippen MR) is 108 cm³/mol. The van der Waals surface area contributed by atoms with Crippen molar-refractivity contribution in [2.45, 2.75) is 52.0 Å². The maximum absolute atomic E-state index is 12.4. The third-order valence-electron chi connectivity index (χ3n) is 6.10. The zero-order chi connectivity index (χ0) is 18.5. The molecule has 1 aromatic rings. The highest BCUT2D eigenvalue weighted by molar-refractivity contribution is 5.76. The molecule has 2 aliphatic heterocycles. The second-order valence-electron chi connectivity index (χ2n) is 8.52. The van der Waals surface area contributed by atoms with Crippen LogP contribution in [-0.2, 0) is 4.79 Å². The molecule has 2 aliphatic rings. The molecule has 0 bridgehead atoms. The fourth-order valence-electron chi connectivity index (χ4n) is 4.31. The quantitative estimate of drug-likeness (QED) is 0.870. The van der Waals surface area contributed by atoms with Crippen molar-refractivity contribution in [1.82, 2.24) is 10.2 Å². The van der Waals surface area contributed by atoms with Crippen LogP contribution in [0.1, 0.15) is 57.6 Å². The van der Waals surface area contributed by atoms with Crippen molar-refractivity contribution >= 4 is 11.6 Å². The third kappa shape index (κ3) is 5.23. The van der Waals surface area contributed by atoms with Crippen LogP contribution in [-0.4, -0.2) is 44.0 Å². The van der Waals surface area contributed by atoms with Crippen molar-refractivity contribution < 1.29 is 4.79 Å². The van der Waals surface area contributed by atoms with Crippen LogP contribution in [0.4, 0.5) is 5.69 Å².